The zero-order valence-electron chi connectivity index (χ0n) is 13.0. The standard InChI is InChI=1S/C17H17ClFNO3/c1-10(12-9-11(22-2)7-8-15(12)23-3)20-17(21)16-13(18)5-4-6-14(16)19/h4-10H,1-3H3,(H,20,21). The van der Waals surface area contributed by atoms with Crippen LogP contribution in [0.15, 0.2) is 36.4 Å². The summed E-state index contributed by atoms with van der Waals surface area (Å²) in [4.78, 5) is 12.3. The highest BCUT2D eigenvalue weighted by Gasteiger charge is 2.20. The number of hydrogen-bond donors (Lipinski definition) is 1. The molecule has 0 aliphatic rings. The molecule has 0 saturated carbocycles. The normalized spacial score (nSPS) is 11.7. The molecule has 1 N–H and O–H groups in total. The Hall–Kier alpha value is -2.27. The van der Waals surface area contributed by atoms with E-state index in [1.54, 1.807) is 32.2 Å². The molecule has 2 rings (SSSR count). The SMILES string of the molecule is COc1ccc(OC)c(C(C)NC(=O)c2c(F)cccc2Cl)c1. The second-order valence-electron chi connectivity index (χ2n) is 4.90. The van der Waals surface area contributed by atoms with Crippen LogP contribution in [-0.4, -0.2) is 20.1 Å². The van der Waals surface area contributed by atoms with Crippen LogP contribution in [0.5, 0.6) is 11.5 Å². The second kappa shape index (κ2) is 7.33. The fraction of sp³-hybridized carbons (Fsp3) is 0.235. The number of carbonyl (C=O) groups is 1. The van der Waals surface area contributed by atoms with Crippen molar-refractivity contribution in [3.05, 3.63) is 58.4 Å². The minimum Gasteiger partial charge on any atom is -0.497 e. The lowest BCUT2D eigenvalue weighted by Gasteiger charge is -2.18. The molecule has 0 heterocycles. The van der Waals surface area contributed by atoms with Gasteiger partial charge < -0.3 is 14.8 Å². The van der Waals surface area contributed by atoms with E-state index in [0.717, 1.165) is 0 Å². The summed E-state index contributed by atoms with van der Waals surface area (Å²) in [6, 6.07) is 8.93. The Bertz CT molecular complexity index is 701. The first kappa shape index (κ1) is 17.1. The molecule has 0 aliphatic heterocycles. The minimum absolute atomic E-state index is 0.0623. The summed E-state index contributed by atoms with van der Waals surface area (Å²) in [7, 11) is 3.08. The Kier molecular flexibility index (Phi) is 5.45. The van der Waals surface area contributed by atoms with Crippen LogP contribution in [0, 0.1) is 5.82 Å². The maximum absolute atomic E-state index is 13.8. The average molecular weight is 338 g/mol. The molecule has 0 radical (unpaired) electrons. The van der Waals surface area contributed by atoms with Crippen molar-refractivity contribution >= 4 is 17.5 Å². The lowest BCUT2D eigenvalue weighted by molar-refractivity contribution is 0.0935. The molecule has 0 bridgehead atoms. The van der Waals surface area contributed by atoms with Gasteiger partial charge in [-0.05, 0) is 37.3 Å². The Balaban J connectivity index is 2.28. The molecule has 6 heteroatoms. The predicted octanol–water partition coefficient (Wildman–Crippen LogP) is 3.99. The average Bonchev–Trinajstić information content (AvgIpc) is 2.53. The summed E-state index contributed by atoms with van der Waals surface area (Å²) in [5, 5.41) is 2.78. The molecule has 1 unspecified atom stereocenters. The van der Waals surface area contributed by atoms with Gasteiger partial charge >= 0.3 is 0 Å². The van der Waals surface area contributed by atoms with Gasteiger partial charge in [0.05, 0.1) is 30.8 Å². The van der Waals surface area contributed by atoms with E-state index in [1.807, 2.05) is 0 Å². The van der Waals surface area contributed by atoms with Gasteiger partial charge in [0.25, 0.3) is 5.91 Å². The van der Waals surface area contributed by atoms with Crippen LogP contribution in [0.3, 0.4) is 0 Å². The van der Waals surface area contributed by atoms with E-state index in [-0.39, 0.29) is 10.6 Å². The number of benzene rings is 2. The van der Waals surface area contributed by atoms with Gasteiger partial charge in [0.1, 0.15) is 17.3 Å². The zero-order valence-corrected chi connectivity index (χ0v) is 13.8. The van der Waals surface area contributed by atoms with Crippen LogP contribution >= 0.6 is 11.6 Å². The number of nitrogens with one attached hydrogen (secondary N) is 1. The molecule has 0 aliphatic carbocycles. The van der Waals surface area contributed by atoms with Crippen LogP contribution in [0.4, 0.5) is 4.39 Å². The van der Waals surface area contributed by atoms with Gasteiger partial charge in [0.2, 0.25) is 0 Å². The lowest BCUT2D eigenvalue weighted by Crippen LogP contribution is -2.28. The maximum Gasteiger partial charge on any atom is 0.256 e. The molecule has 0 aromatic heterocycles. The highest BCUT2D eigenvalue weighted by Crippen LogP contribution is 2.30. The van der Waals surface area contributed by atoms with E-state index in [0.29, 0.717) is 17.1 Å². The van der Waals surface area contributed by atoms with Gasteiger partial charge in [-0.1, -0.05) is 17.7 Å². The van der Waals surface area contributed by atoms with Crippen molar-refractivity contribution in [1.29, 1.82) is 0 Å². The highest BCUT2D eigenvalue weighted by molar-refractivity contribution is 6.33. The fourth-order valence-corrected chi connectivity index (χ4v) is 2.49. The van der Waals surface area contributed by atoms with E-state index in [4.69, 9.17) is 21.1 Å². The molecule has 23 heavy (non-hydrogen) atoms. The number of hydrogen-bond acceptors (Lipinski definition) is 3. The Morgan fingerprint density at radius 1 is 1.22 bits per heavy atom. The van der Waals surface area contributed by atoms with Gasteiger partial charge in [-0.2, -0.15) is 0 Å². The molecule has 0 spiro atoms. The first-order valence-electron chi connectivity index (χ1n) is 6.94. The summed E-state index contributed by atoms with van der Waals surface area (Å²) in [5.41, 5.74) is 0.538. The molecular formula is C17H17ClFNO3. The van der Waals surface area contributed by atoms with Crippen molar-refractivity contribution in [2.45, 2.75) is 13.0 Å². The molecule has 1 amide bonds. The maximum atomic E-state index is 13.8. The molecule has 0 saturated heterocycles. The molecular weight excluding hydrogens is 321 g/mol. The summed E-state index contributed by atoms with van der Waals surface area (Å²) in [6.45, 7) is 1.77. The smallest absolute Gasteiger partial charge is 0.256 e. The van der Waals surface area contributed by atoms with Crippen LogP contribution in [0.2, 0.25) is 5.02 Å². The Labute approximate surface area is 139 Å². The van der Waals surface area contributed by atoms with Crippen LogP contribution in [-0.2, 0) is 0 Å². The van der Waals surface area contributed by atoms with E-state index in [1.165, 1.54) is 25.3 Å². The van der Waals surface area contributed by atoms with Crippen LogP contribution in [0.25, 0.3) is 0 Å². The van der Waals surface area contributed by atoms with Crippen molar-refractivity contribution in [3.63, 3.8) is 0 Å². The first-order valence-corrected chi connectivity index (χ1v) is 7.32. The predicted molar refractivity (Wildman–Crippen MR) is 86.8 cm³/mol. The molecule has 1 atom stereocenters. The van der Waals surface area contributed by atoms with Gasteiger partial charge in [0.15, 0.2) is 0 Å². The minimum atomic E-state index is -0.667. The third-order valence-electron chi connectivity index (χ3n) is 3.44. The quantitative estimate of drug-likeness (QED) is 0.897. The Morgan fingerprint density at radius 3 is 2.57 bits per heavy atom. The van der Waals surface area contributed by atoms with E-state index in [2.05, 4.69) is 5.32 Å². The van der Waals surface area contributed by atoms with Gasteiger partial charge in [-0.25, -0.2) is 4.39 Å². The van der Waals surface area contributed by atoms with E-state index >= 15 is 0 Å². The zero-order chi connectivity index (χ0) is 17.0. The highest BCUT2D eigenvalue weighted by atomic mass is 35.5. The topological polar surface area (TPSA) is 47.6 Å². The fourth-order valence-electron chi connectivity index (χ4n) is 2.24. The van der Waals surface area contributed by atoms with Crippen molar-refractivity contribution in [1.82, 2.24) is 5.32 Å². The second-order valence-corrected chi connectivity index (χ2v) is 5.31. The van der Waals surface area contributed by atoms with Gasteiger partial charge in [0, 0.05) is 5.56 Å². The largest absolute Gasteiger partial charge is 0.497 e. The van der Waals surface area contributed by atoms with E-state index in [9.17, 15) is 9.18 Å². The molecule has 122 valence electrons. The number of ether oxygens (including phenoxy) is 2. The summed E-state index contributed by atoms with van der Waals surface area (Å²) < 4.78 is 24.3. The van der Waals surface area contributed by atoms with Gasteiger partial charge in [-0.15, -0.1) is 0 Å². The van der Waals surface area contributed by atoms with Crippen molar-refractivity contribution in [3.8, 4) is 11.5 Å². The van der Waals surface area contributed by atoms with Crippen molar-refractivity contribution < 1.29 is 18.7 Å². The number of carbonyl (C=O) groups excluding carboxylic acids is 1. The third-order valence-corrected chi connectivity index (χ3v) is 3.76. The molecule has 2 aromatic carbocycles. The summed E-state index contributed by atoms with van der Waals surface area (Å²) in [6.07, 6.45) is 0. The van der Waals surface area contributed by atoms with Crippen molar-refractivity contribution in [2.24, 2.45) is 0 Å². The number of methoxy groups -OCH3 is 2. The summed E-state index contributed by atoms with van der Waals surface area (Å²) in [5.74, 6) is -0.0330. The number of amides is 1. The van der Waals surface area contributed by atoms with Gasteiger partial charge in [-0.3, -0.25) is 4.79 Å². The van der Waals surface area contributed by atoms with E-state index < -0.39 is 17.8 Å². The first-order chi connectivity index (χ1) is 11.0. The molecule has 4 nitrogen and oxygen atoms in total. The van der Waals surface area contributed by atoms with Crippen LogP contribution < -0.4 is 14.8 Å². The molecule has 2 aromatic rings. The molecule has 0 fully saturated rings. The monoisotopic (exact) mass is 337 g/mol. The third kappa shape index (κ3) is 3.74. The Morgan fingerprint density at radius 2 is 1.96 bits per heavy atom. The van der Waals surface area contributed by atoms with Crippen molar-refractivity contribution in [2.75, 3.05) is 14.2 Å². The summed E-state index contributed by atoms with van der Waals surface area (Å²) >= 11 is 5.91. The number of halogens is 2. The number of rotatable bonds is 5. The van der Waals surface area contributed by atoms with Crippen LogP contribution in [0.1, 0.15) is 28.9 Å². The lowest BCUT2D eigenvalue weighted by atomic mass is 10.1.